The van der Waals surface area contributed by atoms with Gasteiger partial charge in [-0.3, -0.25) is 24.1 Å². The average molecular weight is 666 g/mol. The number of carbonyl (C=O) groups is 2. The number of nitrogens with one attached hydrogen (secondary N) is 1. The molecule has 10 nitrogen and oxygen atoms in total. The Morgan fingerprint density at radius 2 is 1.70 bits per heavy atom. The molecule has 0 fully saturated rings. The van der Waals surface area contributed by atoms with Crippen molar-refractivity contribution in [2.24, 2.45) is 0 Å². The second-order valence-corrected chi connectivity index (χ2v) is 13.4. The topological polar surface area (TPSA) is 115 Å². The smallest absolute Gasteiger partial charge is 0.410 e. The normalized spacial score (nSPS) is 11.9. The molecular weight excluding hydrogens is 626 g/mol. The van der Waals surface area contributed by atoms with Crippen LogP contribution < -0.4 is 5.32 Å². The minimum absolute atomic E-state index is 0.290. The van der Waals surface area contributed by atoms with E-state index < -0.39 is 23.6 Å². The van der Waals surface area contributed by atoms with E-state index >= 15 is 0 Å². The number of nitrogens with zero attached hydrogens (tertiary/aromatic N) is 6. The SMILES string of the molecule is Cc1ccn2c(-c3ccc(NC(=O)C(C)N(C)C(=O)OC(C)(C)C)nc3C#Cc3ccc4c(C)nccc4c3)c(-c3ccnc(C)c3)nc2c1. The summed E-state index contributed by atoms with van der Waals surface area (Å²) in [6, 6.07) is 18.8. The Morgan fingerprint density at radius 3 is 2.46 bits per heavy atom. The fraction of sp³-hybridized carbons (Fsp3) is 0.250. The van der Waals surface area contributed by atoms with Crippen molar-refractivity contribution in [1.82, 2.24) is 29.2 Å². The van der Waals surface area contributed by atoms with Gasteiger partial charge in [-0.2, -0.15) is 0 Å². The minimum atomic E-state index is -0.833. The molecule has 5 heterocycles. The van der Waals surface area contributed by atoms with E-state index in [0.29, 0.717) is 11.5 Å². The number of anilines is 1. The zero-order valence-electron chi connectivity index (χ0n) is 29.5. The zero-order chi connectivity index (χ0) is 35.7. The second-order valence-electron chi connectivity index (χ2n) is 13.4. The van der Waals surface area contributed by atoms with Crippen molar-refractivity contribution in [2.75, 3.05) is 12.4 Å². The van der Waals surface area contributed by atoms with Gasteiger partial charge in [0.05, 0.1) is 11.4 Å². The van der Waals surface area contributed by atoms with Crippen molar-refractivity contribution < 1.29 is 14.3 Å². The molecule has 0 aliphatic heterocycles. The molecule has 1 aromatic carbocycles. The van der Waals surface area contributed by atoms with Gasteiger partial charge in [-0.15, -0.1) is 0 Å². The predicted octanol–water partition coefficient (Wildman–Crippen LogP) is 7.53. The quantitative estimate of drug-likeness (QED) is 0.189. The fourth-order valence-electron chi connectivity index (χ4n) is 5.55. The lowest BCUT2D eigenvalue weighted by Crippen LogP contribution is -2.45. The Kier molecular flexibility index (Phi) is 9.09. The summed E-state index contributed by atoms with van der Waals surface area (Å²) in [4.78, 5) is 46.1. The van der Waals surface area contributed by atoms with Gasteiger partial charge in [0.1, 0.15) is 28.8 Å². The number of carbonyl (C=O) groups excluding carboxylic acids is 2. The van der Waals surface area contributed by atoms with Gasteiger partial charge in [-0.05, 0) is 120 Å². The maximum absolute atomic E-state index is 13.4. The highest BCUT2D eigenvalue weighted by Gasteiger charge is 2.28. The Bertz CT molecular complexity index is 2340. The molecule has 0 radical (unpaired) electrons. The number of imidazole rings is 1. The van der Waals surface area contributed by atoms with E-state index in [2.05, 4.69) is 27.1 Å². The van der Waals surface area contributed by atoms with Crippen LogP contribution in [0, 0.1) is 32.6 Å². The van der Waals surface area contributed by atoms with Crippen LogP contribution in [0.2, 0.25) is 0 Å². The van der Waals surface area contributed by atoms with Gasteiger partial charge in [-0.25, -0.2) is 14.8 Å². The zero-order valence-corrected chi connectivity index (χ0v) is 29.5. The van der Waals surface area contributed by atoms with Gasteiger partial charge < -0.3 is 10.1 Å². The van der Waals surface area contributed by atoms with Crippen LogP contribution >= 0.6 is 0 Å². The molecule has 0 saturated carbocycles. The lowest BCUT2D eigenvalue weighted by Gasteiger charge is -2.28. The van der Waals surface area contributed by atoms with E-state index in [0.717, 1.165) is 61.4 Å². The first-order valence-corrected chi connectivity index (χ1v) is 16.3. The van der Waals surface area contributed by atoms with E-state index in [4.69, 9.17) is 14.7 Å². The molecule has 6 rings (SSSR count). The standard InChI is InChI=1S/C40H39N7O3/c1-24-17-20-47-35(21-24)45-36(30-16-18-41-25(2)22-30)37(47)32-12-14-34(44-38(48)27(4)46(8)39(49)50-40(5,6)7)43-33(32)13-10-28-9-11-31-26(3)42-19-15-29(31)23-28/h9,11-12,14-23,27H,1-8H3,(H,43,44,48). The van der Waals surface area contributed by atoms with Crippen molar-refractivity contribution in [1.29, 1.82) is 0 Å². The van der Waals surface area contributed by atoms with Crippen molar-refractivity contribution in [3.05, 3.63) is 107 Å². The van der Waals surface area contributed by atoms with Crippen LogP contribution in [0.4, 0.5) is 10.6 Å². The molecule has 10 heteroatoms. The van der Waals surface area contributed by atoms with Crippen molar-refractivity contribution in [3.8, 4) is 34.4 Å². The number of amides is 2. The van der Waals surface area contributed by atoms with Crippen LogP contribution in [0.1, 0.15) is 55.9 Å². The largest absolute Gasteiger partial charge is 0.444 e. The number of aromatic nitrogens is 5. The van der Waals surface area contributed by atoms with Crippen molar-refractivity contribution in [3.63, 3.8) is 0 Å². The maximum Gasteiger partial charge on any atom is 0.410 e. The summed E-state index contributed by atoms with van der Waals surface area (Å²) >= 11 is 0. The third-order valence-corrected chi connectivity index (χ3v) is 8.28. The van der Waals surface area contributed by atoms with Crippen molar-refractivity contribution in [2.45, 2.75) is 60.1 Å². The van der Waals surface area contributed by atoms with Gasteiger partial charge in [0, 0.05) is 59.1 Å². The highest BCUT2D eigenvalue weighted by Crippen LogP contribution is 2.35. The van der Waals surface area contributed by atoms with Crippen molar-refractivity contribution >= 4 is 34.2 Å². The molecule has 1 N–H and O–H groups in total. The van der Waals surface area contributed by atoms with E-state index in [1.165, 1.54) is 11.9 Å². The highest BCUT2D eigenvalue weighted by molar-refractivity contribution is 5.96. The van der Waals surface area contributed by atoms with E-state index in [-0.39, 0.29) is 0 Å². The van der Waals surface area contributed by atoms with E-state index in [1.54, 1.807) is 46.2 Å². The number of pyridine rings is 4. The summed E-state index contributed by atoms with van der Waals surface area (Å²) in [6.07, 6.45) is 4.95. The summed E-state index contributed by atoms with van der Waals surface area (Å²) in [5, 5.41) is 4.97. The van der Waals surface area contributed by atoms with E-state index in [1.807, 2.05) is 86.0 Å². The molecule has 0 saturated heterocycles. The van der Waals surface area contributed by atoms with Gasteiger partial charge in [0.25, 0.3) is 0 Å². The lowest BCUT2D eigenvalue weighted by molar-refractivity contribution is -0.120. The Labute approximate surface area is 291 Å². The second kappa shape index (κ2) is 13.4. The molecule has 0 aliphatic rings. The summed E-state index contributed by atoms with van der Waals surface area (Å²) in [7, 11) is 1.53. The molecule has 0 aliphatic carbocycles. The maximum atomic E-state index is 13.4. The molecule has 1 unspecified atom stereocenters. The molecule has 6 aromatic rings. The number of benzene rings is 1. The third-order valence-electron chi connectivity index (χ3n) is 8.28. The Morgan fingerprint density at radius 1 is 0.920 bits per heavy atom. The van der Waals surface area contributed by atoms with Crippen LogP contribution in [0.25, 0.3) is 38.9 Å². The number of hydrogen-bond donors (Lipinski definition) is 1. The van der Waals surface area contributed by atoms with Crippen LogP contribution in [0.3, 0.4) is 0 Å². The molecule has 0 bridgehead atoms. The minimum Gasteiger partial charge on any atom is -0.444 e. The number of hydrogen-bond acceptors (Lipinski definition) is 7. The van der Waals surface area contributed by atoms with Crippen LogP contribution in [0.5, 0.6) is 0 Å². The highest BCUT2D eigenvalue weighted by atomic mass is 16.6. The van der Waals surface area contributed by atoms with Crippen LogP contribution in [0.15, 0.2) is 79.3 Å². The molecule has 1 atom stereocenters. The fourth-order valence-corrected chi connectivity index (χ4v) is 5.55. The summed E-state index contributed by atoms with van der Waals surface area (Å²) in [6.45, 7) is 12.9. The monoisotopic (exact) mass is 665 g/mol. The van der Waals surface area contributed by atoms with Gasteiger partial charge >= 0.3 is 6.09 Å². The van der Waals surface area contributed by atoms with Gasteiger partial charge in [0.15, 0.2) is 0 Å². The Hall–Kier alpha value is -6.08. The third kappa shape index (κ3) is 7.17. The van der Waals surface area contributed by atoms with E-state index in [9.17, 15) is 9.59 Å². The number of rotatable bonds is 5. The first-order chi connectivity index (χ1) is 23.8. The molecule has 252 valence electrons. The molecule has 50 heavy (non-hydrogen) atoms. The lowest BCUT2D eigenvalue weighted by atomic mass is 10.0. The predicted molar refractivity (Wildman–Crippen MR) is 196 cm³/mol. The molecular formula is C40H39N7O3. The summed E-state index contributed by atoms with van der Waals surface area (Å²) in [5.74, 6) is 6.48. The number of aryl methyl sites for hydroxylation is 3. The first kappa shape index (κ1) is 33.8. The number of fused-ring (bicyclic) bond motifs is 2. The van der Waals surface area contributed by atoms with Gasteiger partial charge in [0.2, 0.25) is 5.91 Å². The molecule has 0 spiro atoms. The van der Waals surface area contributed by atoms with Crippen LogP contribution in [-0.2, 0) is 9.53 Å². The number of likely N-dealkylation sites (N-methyl/N-ethyl adjacent to an activating group) is 1. The molecule has 5 aromatic heterocycles. The number of ether oxygens (including phenoxy) is 1. The molecule has 2 amide bonds. The van der Waals surface area contributed by atoms with Crippen LogP contribution in [-0.4, -0.2) is 59.9 Å². The van der Waals surface area contributed by atoms with Gasteiger partial charge in [-0.1, -0.05) is 12.0 Å². The summed E-state index contributed by atoms with van der Waals surface area (Å²) < 4.78 is 7.49. The Balaban J connectivity index is 1.47. The first-order valence-electron chi connectivity index (χ1n) is 16.3. The summed E-state index contributed by atoms with van der Waals surface area (Å²) in [5.41, 5.74) is 7.41. The average Bonchev–Trinajstić information content (AvgIpc) is 3.44.